The number of nitrogens with one attached hydrogen (secondary N) is 1. The van der Waals surface area contributed by atoms with E-state index in [4.69, 9.17) is 4.42 Å². The van der Waals surface area contributed by atoms with Crippen molar-refractivity contribution in [3.8, 4) is 5.75 Å². The van der Waals surface area contributed by atoms with Crippen LogP contribution in [0.3, 0.4) is 0 Å². The third-order valence-electron chi connectivity index (χ3n) is 4.58. The van der Waals surface area contributed by atoms with Gasteiger partial charge in [0.2, 0.25) is 0 Å². The van der Waals surface area contributed by atoms with E-state index >= 15 is 0 Å². The van der Waals surface area contributed by atoms with Crippen LogP contribution < -0.4 is 10.9 Å². The van der Waals surface area contributed by atoms with Gasteiger partial charge in [-0.1, -0.05) is 60.7 Å². The molecule has 4 nitrogen and oxygen atoms in total. The monoisotopic (exact) mass is 357 g/mol. The number of hydrogen-bond donors (Lipinski definition) is 2. The fourth-order valence-corrected chi connectivity index (χ4v) is 3.30. The molecule has 1 aromatic heterocycles. The molecule has 134 valence electrons. The Hall–Kier alpha value is -3.37. The Labute approximate surface area is 156 Å². The molecule has 4 aromatic rings. The Morgan fingerprint density at radius 1 is 0.852 bits per heavy atom. The van der Waals surface area contributed by atoms with E-state index < -0.39 is 5.63 Å². The lowest BCUT2D eigenvalue weighted by Gasteiger charge is -2.20. The number of phenols is 1. The fraction of sp³-hybridized carbons (Fsp3) is 0.0870. The number of phenolic OH excluding ortho intramolecular Hbond substituents is 1. The topological polar surface area (TPSA) is 62.5 Å². The van der Waals surface area contributed by atoms with Gasteiger partial charge in [-0.05, 0) is 28.8 Å². The van der Waals surface area contributed by atoms with E-state index in [0.717, 1.165) is 22.1 Å². The molecule has 1 heterocycles. The van der Waals surface area contributed by atoms with Gasteiger partial charge in [-0.2, -0.15) is 0 Å². The molecule has 0 saturated carbocycles. The van der Waals surface area contributed by atoms with Gasteiger partial charge in [0, 0.05) is 24.1 Å². The first-order chi connectivity index (χ1) is 13.2. The smallest absolute Gasteiger partial charge is 0.336 e. The average molecular weight is 357 g/mol. The first-order valence-electron chi connectivity index (χ1n) is 8.80. The third kappa shape index (κ3) is 3.76. The second-order valence-electron chi connectivity index (χ2n) is 6.41. The highest BCUT2D eigenvalue weighted by molar-refractivity contribution is 5.81. The number of benzene rings is 3. The van der Waals surface area contributed by atoms with Crippen molar-refractivity contribution in [3.05, 3.63) is 112 Å². The molecule has 0 aliphatic rings. The van der Waals surface area contributed by atoms with Gasteiger partial charge in [0.1, 0.15) is 11.3 Å². The lowest BCUT2D eigenvalue weighted by molar-refractivity contribution is 0.473. The summed E-state index contributed by atoms with van der Waals surface area (Å²) in [6.07, 6.45) is 0. The number of aromatic hydroxyl groups is 1. The predicted octanol–water partition coefficient (Wildman–Crippen LogP) is 4.38. The largest absolute Gasteiger partial charge is 0.508 e. The third-order valence-corrected chi connectivity index (χ3v) is 4.58. The molecule has 0 aliphatic carbocycles. The van der Waals surface area contributed by atoms with Crippen LogP contribution in [0, 0.1) is 0 Å². The summed E-state index contributed by atoms with van der Waals surface area (Å²) in [7, 11) is 0. The maximum Gasteiger partial charge on any atom is 0.336 e. The molecule has 3 aromatic carbocycles. The fourth-order valence-electron chi connectivity index (χ4n) is 3.30. The minimum absolute atomic E-state index is 0.00758. The summed E-state index contributed by atoms with van der Waals surface area (Å²) in [5.41, 5.74) is 3.08. The molecule has 0 radical (unpaired) electrons. The molecule has 0 unspecified atom stereocenters. The van der Waals surface area contributed by atoms with Gasteiger partial charge in [-0.15, -0.1) is 0 Å². The average Bonchev–Trinajstić information content (AvgIpc) is 2.69. The van der Waals surface area contributed by atoms with Crippen molar-refractivity contribution in [2.75, 3.05) is 0 Å². The zero-order chi connectivity index (χ0) is 18.6. The molecule has 4 heteroatoms. The van der Waals surface area contributed by atoms with Gasteiger partial charge in [0.05, 0.1) is 6.04 Å². The quantitative estimate of drug-likeness (QED) is 0.521. The van der Waals surface area contributed by atoms with E-state index in [0.29, 0.717) is 12.1 Å². The molecule has 0 bridgehead atoms. The summed E-state index contributed by atoms with van der Waals surface area (Å²) in [6.45, 7) is 0.487. The van der Waals surface area contributed by atoms with Crippen molar-refractivity contribution in [2.45, 2.75) is 12.6 Å². The second kappa shape index (κ2) is 7.48. The minimum atomic E-state index is -0.430. The van der Waals surface area contributed by atoms with Gasteiger partial charge in [-0.25, -0.2) is 4.79 Å². The maximum atomic E-state index is 11.9. The minimum Gasteiger partial charge on any atom is -0.508 e. The van der Waals surface area contributed by atoms with Gasteiger partial charge in [-0.3, -0.25) is 0 Å². The highest BCUT2D eigenvalue weighted by Gasteiger charge is 2.14. The zero-order valence-corrected chi connectivity index (χ0v) is 14.6. The van der Waals surface area contributed by atoms with Crippen molar-refractivity contribution in [1.82, 2.24) is 5.32 Å². The zero-order valence-electron chi connectivity index (χ0n) is 14.6. The van der Waals surface area contributed by atoms with Gasteiger partial charge in [0.25, 0.3) is 0 Å². The van der Waals surface area contributed by atoms with E-state index in [-0.39, 0.29) is 11.8 Å². The summed E-state index contributed by atoms with van der Waals surface area (Å²) in [6, 6.07) is 26.7. The number of rotatable bonds is 5. The van der Waals surface area contributed by atoms with Crippen molar-refractivity contribution in [1.29, 1.82) is 0 Å². The molecule has 0 saturated heterocycles. The SMILES string of the molecule is O=c1cc(CNC(c2ccccc2)c2ccccc2)c2ccc(O)cc2o1. The normalized spacial score (nSPS) is 11.1. The van der Waals surface area contributed by atoms with Crippen LogP contribution in [0.4, 0.5) is 0 Å². The van der Waals surface area contributed by atoms with E-state index in [9.17, 15) is 9.90 Å². The molecule has 4 rings (SSSR count). The predicted molar refractivity (Wildman–Crippen MR) is 106 cm³/mol. The van der Waals surface area contributed by atoms with Crippen molar-refractivity contribution in [3.63, 3.8) is 0 Å². The van der Waals surface area contributed by atoms with Crippen molar-refractivity contribution < 1.29 is 9.52 Å². The standard InChI is InChI=1S/C23H19NO3/c25-19-11-12-20-18(13-22(26)27-21(20)14-19)15-24-23(16-7-3-1-4-8-16)17-9-5-2-6-10-17/h1-14,23-25H,15H2. The van der Waals surface area contributed by atoms with Crippen LogP contribution in [-0.2, 0) is 6.54 Å². The Bertz CT molecular complexity index is 1070. The van der Waals surface area contributed by atoms with Crippen molar-refractivity contribution >= 4 is 11.0 Å². The van der Waals surface area contributed by atoms with Gasteiger partial charge in [0.15, 0.2) is 0 Å². The number of hydrogen-bond acceptors (Lipinski definition) is 4. The van der Waals surface area contributed by atoms with E-state index in [2.05, 4.69) is 29.6 Å². The molecule has 27 heavy (non-hydrogen) atoms. The second-order valence-corrected chi connectivity index (χ2v) is 6.41. The highest BCUT2D eigenvalue weighted by Crippen LogP contribution is 2.25. The lowest BCUT2D eigenvalue weighted by Crippen LogP contribution is -2.22. The summed E-state index contributed by atoms with van der Waals surface area (Å²) in [5.74, 6) is 0.0715. The Kier molecular flexibility index (Phi) is 4.73. The first kappa shape index (κ1) is 17.1. The molecular weight excluding hydrogens is 338 g/mol. The van der Waals surface area contributed by atoms with Crippen LogP contribution >= 0.6 is 0 Å². The van der Waals surface area contributed by atoms with Crippen molar-refractivity contribution in [2.24, 2.45) is 0 Å². The molecule has 2 N–H and O–H groups in total. The van der Waals surface area contributed by atoms with E-state index in [1.54, 1.807) is 12.1 Å². The molecule has 0 aliphatic heterocycles. The Morgan fingerprint density at radius 3 is 2.11 bits per heavy atom. The maximum absolute atomic E-state index is 11.9. The first-order valence-corrected chi connectivity index (χ1v) is 8.80. The van der Waals surface area contributed by atoms with Crippen LogP contribution in [-0.4, -0.2) is 5.11 Å². The Morgan fingerprint density at radius 2 is 1.48 bits per heavy atom. The van der Waals surface area contributed by atoms with Crippen LogP contribution in [0.2, 0.25) is 0 Å². The molecular formula is C23H19NO3. The van der Waals surface area contributed by atoms with E-state index in [1.165, 1.54) is 12.1 Å². The Balaban J connectivity index is 1.69. The summed E-state index contributed by atoms with van der Waals surface area (Å²) < 4.78 is 5.22. The van der Waals surface area contributed by atoms with Gasteiger partial charge >= 0.3 is 5.63 Å². The summed E-state index contributed by atoms with van der Waals surface area (Å²) in [4.78, 5) is 11.9. The number of fused-ring (bicyclic) bond motifs is 1. The molecule has 0 atom stereocenters. The highest BCUT2D eigenvalue weighted by atomic mass is 16.4. The van der Waals surface area contributed by atoms with Crippen LogP contribution in [0.25, 0.3) is 11.0 Å². The lowest BCUT2D eigenvalue weighted by atomic mass is 9.98. The van der Waals surface area contributed by atoms with Crippen LogP contribution in [0.5, 0.6) is 5.75 Å². The van der Waals surface area contributed by atoms with Crippen LogP contribution in [0.15, 0.2) is 94.1 Å². The molecule has 0 spiro atoms. The van der Waals surface area contributed by atoms with Crippen LogP contribution in [0.1, 0.15) is 22.7 Å². The van der Waals surface area contributed by atoms with Gasteiger partial charge < -0.3 is 14.8 Å². The molecule has 0 fully saturated rings. The summed E-state index contributed by atoms with van der Waals surface area (Å²) >= 11 is 0. The summed E-state index contributed by atoms with van der Waals surface area (Å²) in [5, 5.41) is 14.0. The van der Waals surface area contributed by atoms with E-state index in [1.807, 2.05) is 36.4 Å². The molecule has 0 amide bonds.